The molecule has 2 N–H and O–H groups in total. The number of amides is 1. The van der Waals surface area contributed by atoms with Crippen LogP contribution in [0.15, 0.2) is 35.1 Å². The zero-order valence-electron chi connectivity index (χ0n) is 14.7. The van der Waals surface area contributed by atoms with Crippen LogP contribution in [0.25, 0.3) is 11.0 Å². The lowest BCUT2D eigenvalue weighted by Crippen LogP contribution is -2.37. The van der Waals surface area contributed by atoms with Gasteiger partial charge in [-0.3, -0.25) is 19.4 Å². The molecule has 1 amide bonds. The van der Waals surface area contributed by atoms with Gasteiger partial charge in [-0.2, -0.15) is 0 Å². The molecular formula is C18H19FN4O3. The van der Waals surface area contributed by atoms with Gasteiger partial charge in [-0.25, -0.2) is 9.37 Å². The molecule has 0 aliphatic heterocycles. The Balaban J connectivity index is 1.77. The predicted octanol–water partition coefficient (Wildman–Crippen LogP) is 1.91. The van der Waals surface area contributed by atoms with Crippen LogP contribution in [-0.4, -0.2) is 33.3 Å². The van der Waals surface area contributed by atoms with Crippen LogP contribution in [0, 0.1) is 12.7 Å². The van der Waals surface area contributed by atoms with E-state index >= 15 is 0 Å². The van der Waals surface area contributed by atoms with Crippen molar-refractivity contribution in [3.8, 4) is 5.75 Å². The number of ether oxygens (including phenoxy) is 1. The largest absolute Gasteiger partial charge is 0.488 e. The van der Waals surface area contributed by atoms with E-state index in [1.54, 1.807) is 39.1 Å². The lowest BCUT2D eigenvalue weighted by atomic mass is 10.1. The molecule has 0 spiro atoms. The summed E-state index contributed by atoms with van der Waals surface area (Å²) in [6.07, 6.45) is 0. The summed E-state index contributed by atoms with van der Waals surface area (Å²) < 4.78 is 20.5. The summed E-state index contributed by atoms with van der Waals surface area (Å²) in [7, 11) is 1.66. The first kappa shape index (κ1) is 17.7. The van der Waals surface area contributed by atoms with E-state index in [0.29, 0.717) is 11.3 Å². The van der Waals surface area contributed by atoms with Crippen LogP contribution in [0.3, 0.4) is 0 Å². The summed E-state index contributed by atoms with van der Waals surface area (Å²) >= 11 is 0. The van der Waals surface area contributed by atoms with Gasteiger partial charge in [0.05, 0.1) is 17.0 Å². The Hall–Kier alpha value is -3.16. The Bertz CT molecular complexity index is 1020. The molecule has 1 atom stereocenters. The molecule has 0 fully saturated rings. The number of fused-ring (bicyclic) bond motifs is 1. The molecule has 2 heterocycles. The molecule has 0 saturated carbocycles. The van der Waals surface area contributed by atoms with Gasteiger partial charge in [-0.05, 0) is 32.0 Å². The monoisotopic (exact) mass is 358 g/mol. The van der Waals surface area contributed by atoms with Crippen LogP contribution in [0.4, 0.5) is 4.39 Å². The van der Waals surface area contributed by atoms with Gasteiger partial charge in [0.25, 0.3) is 11.5 Å². The summed E-state index contributed by atoms with van der Waals surface area (Å²) in [5.74, 6) is -0.759. The number of aromatic nitrogens is 3. The Morgan fingerprint density at radius 1 is 1.42 bits per heavy atom. The topological polar surface area (TPSA) is 89.0 Å². The number of hydrogen-bond acceptors (Lipinski definition) is 4. The van der Waals surface area contributed by atoms with Gasteiger partial charge in [-0.1, -0.05) is 12.1 Å². The highest BCUT2D eigenvalue weighted by Crippen LogP contribution is 2.16. The maximum absolute atomic E-state index is 13.6. The number of carbonyl (C=O) groups excluding carboxylic acids is 1. The summed E-state index contributed by atoms with van der Waals surface area (Å²) in [5, 5.41) is 5.60. The molecular weight excluding hydrogens is 339 g/mol. The van der Waals surface area contributed by atoms with Gasteiger partial charge in [0.15, 0.2) is 17.2 Å². The van der Waals surface area contributed by atoms with Crippen molar-refractivity contribution in [1.29, 1.82) is 0 Å². The Labute approximate surface area is 148 Å². The zero-order chi connectivity index (χ0) is 18.8. The number of nitrogens with one attached hydrogen (secondary N) is 2. The van der Waals surface area contributed by atoms with E-state index in [2.05, 4.69) is 15.4 Å². The summed E-state index contributed by atoms with van der Waals surface area (Å²) in [6.45, 7) is 3.57. The van der Waals surface area contributed by atoms with Crippen LogP contribution in [-0.2, 0) is 7.05 Å². The van der Waals surface area contributed by atoms with E-state index in [0.717, 1.165) is 0 Å². The number of hydrogen-bond donors (Lipinski definition) is 2. The molecule has 0 unspecified atom stereocenters. The maximum Gasteiger partial charge on any atom is 0.274 e. The minimum Gasteiger partial charge on any atom is -0.488 e. The second-order valence-electron chi connectivity index (χ2n) is 6.13. The molecule has 0 radical (unpaired) electrons. The van der Waals surface area contributed by atoms with Gasteiger partial charge < -0.3 is 10.1 Å². The summed E-state index contributed by atoms with van der Waals surface area (Å²) in [5.41, 5.74) is 0.894. The van der Waals surface area contributed by atoms with E-state index in [1.807, 2.05) is 0 Å². The van der Waals surface area contributed by atoms with Crippen LogP contribution in [0.1, 0.15) is 23.0 Å². The van der Waals surface area contributed by atoms with Gasteiger partial charge in [0.1, 0.15) is 6.61 Å². The molecule has 8 heteroatoms. The molecule has 3 rings (SSSR count). The lowest BCUT2D eigenvalue weighted by Gasteiger charge is -2.15. The smallest absolute Gasteiger partial charge is 0.274 e. The number of H-pyrrole nitrogens is 1. The Kier molecular flexibility index (Phi) is 4.75. The average Bonchev–Trinajstić information content (AvgIpc) is 2.87. The minimum absolute atomic E-state index is 0.0883. The van der Waals surface area contributed by atoms with Gasteiger partial charge >= 0.3 is 0 Å². The average molecular weight is 358 g/mol. The maximum atomic E-state index is 13.6. The summed E-state index contributed by atoms with van der Waals surface area (Å²) in [4.78, 5) is 29.0. The van der Waals surface area contributed by atoms with Crippen molar-refractivity contribution in [2.45, 2.75) is 19.9 Å². The highest BCUT2D eigenvalue weighted by molar-refractivity contribution is 6.05. The van der Waals surface area contributed by atoms with E-state index in [4.69, 9.17) is 4.74 Å². The number of pyridine rings is 1. The number of aromatic amines is 1. The Morgan fingerprint density at radius 3 is 2.88 bits per heavy atom. The molecule has 2 aromatic heterocycles. The highest BCUT2D eigenvalue weighted by Gasteiger charge is 2.19. The van der Waals surface area contributed by atoms with Gasteiger partial charge in [-0.15, -0.1) is 0 Å². The van der Waals surface area contributed by atoms with Crippen molar-refractivity contribution in [3.05, 3.63) is 57.8 Å². The molecule has 3 aromatic rings. The van der Waals surface area contributed by atoms with Crippen molar-refractivity contribution in [2.24, 2.45) is 7.05 Å². The van der Waals surface area contributed by atoms with Crippen molar-refractivity contribution in [3.63, 3.8) is 0 Å². The molecule has 0 bridgehead atoms. The normalized spacial score (nSPS) is 12.2. The number of nitrogens with zero attached hydrogens (tertiary/aromatic N) is 2. The predicted molar refractivity (Wildman–Crippen MR) is 94.9 cm³/mol. The number of benzene rings is 1. The SMILES string of the molecule is Cc1cc(C(=O)N[C@@H](C)COc2ccccc2F)c2c(=O)[nH]n(C)c2n1. The van der Waals surface area contributed by atoms with Crippen molar-refractivity contribution in [2.75, 3.05) is 6.61 Å². The summed E-state index contributed by atoms with van der Waals surface area (Å²) in [6, 6.07) is 7.23. The molecule has 0 saturated heterocycles. The second kappa shape index (κ2) is 6.99. The fraction of sp³-hybridized carbons (Fsp3) is 0.278. The third kappa shape index (κ3) is 3.44. The molecule has 136 valence electrons. The Morgan fingerprint density at radius 2 is 2.15 bits per heavy atom. The molecule has 26 heavy (non-hydrogen) atoms. The van der Waals surface area contributed by atoms with Crippen molar-refractivity contribution < 1.29 is 13.9 Å². The van der Waals surface area contributed by atoms with E-state index < -0.39 is 17.8 Å². The first-order chi connectivity index (χ1) is 12.4. The number of rotatable bonds is 5. The zero-order valence-corrected chi connectivity index (χ0v) is 14.7. The fourth-order valence-electron chi connectivity index (χ4n) is 2.68. The quantitative estimate of drug-likeness (QED) is 0.729. The first-order valence-corrected chi connectivity index (χ1v) is 8.11. The molecule has 0 aliphatic rings. The van der Waals surface area contributed by atoms with E-state index in [-0.39, 0.29) is 28.9 Å². The second-order valence-corrected chi connectivity index (χ2v) is 6.13. The number of halogens is 1. The lowest BCUT2D eigenvalue weighted by molar-refractivity contribution is 0.0927. The van der Waals surface area contributed by atoms with Crippen LogP contribution < -0.4 is 15.6 Å². The molecule has 7 nitrogen and oxygen atoms in total. The highest BCUT2D eigenvalue weighted by atomic mass is 19.1. The van der Waals surface area contributed by atoms with Crippen molar-refractivity contribution >= 4 is 16.9 Å². The molecule has 1 aromatic carbocycles. The van der Waals surface area contributed by atoms with Gasteiger partial charge in [0, 0.05) is 12.7 Å². The van der Waals surface area contributed by atoms with E-state index in [1.165, 1.54) is 16.8 Å². The van der Waals surface area contributed by atoms with Gasteiger partial charge in [0.2, 0.25) is 0 Å². The number of aryl methyl sites for hydroxylation is 2. The van der Waals surface area contributed by atoms with Crippen molar-refractivity contribution in [1.82, 2.24) is 20.1 Å². The van der Waals surface area contributed by atoms with Crippen LogP contribution in [0.5, 0.6) is 5.75 Å². The van der Waals surface area contributed by atoms with Crippen LogP contribution in [0.2, 0.25) is 0 Å². The first-order valence-electron chi connectivity index (χ1n) is 8.11. The van der Waals surface area contributed by atoms with Crippen LogP contribution >= 0.6 is 0 Å². The number of para-hydroxylation sites is 1. The van der Waals surface area contributed by atoms with E-state index in [9.17, 15) is 14.0 Å². The molecule has 0 aliphatic carbocycles. The third-order valence-electron chi connectivity index (χ3n) is 3.89. The standard InChI is InChI=1S/C18H19FN4O3/c1-10-8-12(15-16(20-10)23(3)22-18(15)25)17(24)21-11(2)9-26-14-7-5-4-6-13(14)19/h4-8,11H,9H2,1-3H3,(H,21,24)(H,22,25)/t11-/m0/s1. The number of carbonyl (C=O) groups is 1. The fourth-order valence-corrected chi connectivity index (χ4v) is 2.68. The third-order valence-corrected chi connectivity index (χ3v) is 3.89. The minimum atomic E-state index is -0.465.